The van der Waals surface area contributed by atoms with E-state index in [0.717, 1.165) is 31.9 Å². The standard InChI is InChI=1S/C11H17N3.C3H8.C2H4/c1-13-6-8-14(9-7-13)11-4-2-10(12)3-5-11;1-3-2;1-2/h2-5H,6-9,12H2,1H3;3H2,1-2H3;1-2H2. The number of hydrogen-bond acceptors (Lipinski definition) is 3. The minimum absolute atomic E-state index is 0.836. The second-order valence-corrected chi connectivity index (χ2v) is 4.59. The van der Waals surface area contributed by atoms with Crippen LogP contribution >= 0.6 is 0 Å². The van der Waals surface area contributed by atoms with Gasteiger partial charge < -0.3 is 15.5 Å². The Morgan fingerprint density at radius 3 is 1.84 bits per heavy atom. The minimum atomic E-state index is 0.836. The van der Waals surface area contributed by atoms with Gasteiger partial charge in [0, 0.05) is 37.6 Å². The highest BCUT2D eigenvalue weighted by Gasteiger charge is 2.13. The van der Waals surface area contributed by atoms with Crippen molar-refractivity contribution in [1.29, 1.82) is 0 Å². The maximum atomic E-state index is 5.65. The first-order valence-electron chi connectivity index (χ1n) is 6.96. The van der Waals surface area contributed by atoms with Gasteiger partial charge in [-0.1, -0.05) is 20.3 Å². The van der Waals surface area contributed by atoms with Gasteiger partial charge in [-0.2, -0.15) is 0 Å². The maximum Gasteiger partial charge on any atom is 0.0368 e. The molecule has 0 amide bonds. The number of hydrogen-bond donors (Lipinski definition) is 1. The molecule has 0 saturated carbocycles. The summed E-state index contributed by atoms with van der Waals surface area (Å²) in [4.78, 5) is 4.76. The molecule has 0 aromatic heterocycles. The fourth-order valence-corrected chi connectivity index (χ4v) is 1.75. The van der Waals surface area contributed by atoms with Crippen molar-refractivity contribution in [2.45, 2.75) is 20.3 Å². The number of nitrogens with two attached hydrogens (primary N) is 1. The first-order chi connectivity index (χ1) is 9.17. The predicted molar refractivity (Wildman–Crippen MR) is 87.8 cm³/mol. The van der Waals surface area contributed by atoms with Crippen LogP contribution in [0.15, 0.2) is 37.4 Å². The molecule has 3 heteroatoms. The van der Waals surface area contributed by atoms with E-state index in [1.807, 2.05) is 12.1 Å². The highest BCUT2D eigenvalue weighted by atomic mass is 15.2. The van der Waals surface area contributed by atoms with E-state index in [1.54, 1.807) is 0 Å². The summed E-state index contributed by atoms with van der Waals surface area (Å²) in [6.45, 7) is 14.8. The van der Waals surface area contributed by atoms with E-state index in [9.17, 15) is 0 Å². The van der Waals surface area contributed by atoms with Crippen molar-refractivity contribution in [2.75, 3.05) is 43.9 Å². The second-order valence-electron chi connectivity index (χ2n) is 4.59. The molecule has 108 valence electrons. The summed E-state index contributed by atoms with van der Waals surface area (Å²) in [5.74, 6) is 0. The van der Waals surface area contributed by atoms with Crippen LogP contribution in [-0.4, -0.2) is 38.1 Å². The van der Waals surface area contributed by atoms with E-state index in [1.165, 1.54) is 12.1 Å². The molecule has 0 radical (unpaired) electrons. The molecule has 1 saturated heterocycles. The van der Waals surface area contributed by atoms with E-state index in [0.29, 0.717) is 0 Å². The molecule has 0 bridgehead atoms. The zero-order valence-corrected chi connectivity index (χ0v) is 12.7. The van der Waals surface area contributed by atoms with Gasteiger partial charge in [-0.15, -0.1) is 13.2 Å². The van der Waals surface area contributed by atoms with Crippen molar-refractivity contribution < 1.29 is 0 Å². The third-order valence-electron chi connectivity index (χ3n) is 2.76. The molecular formula is C16H29N3. The van der Waals surface area contributed by atoms with Crippen LogP contribution in [0.1, 0.15) is 20.3 Å². The van der Waals surface area contributed by atoms with Crippen LogP contribution in [0.4, 0.5) is 11.4 Å². The van der Waals surface area contributed by atoms with Crippen molar-refractivity contribution >= 4 is 11.4 Å². The third-order valence-corrected chi connectivity index (χ3v) is 2.76. The van der Waals surface area contributed by atoms with Gasteiger partial charge in [0.15, 0.2) is 0 Å². The molecule has 1 aromatic carbocycles. The lowest BCUT2D eigenvalue weighted by molar-refractivity contribution is 0.313. The third kappa shape index (κ3) is 6.87. The van der Waals surface area contributed by atoms with Crippen LogP contribution in [0, 0.1) is 0 Å². The van der Waals surface area contributed by atoms with Gasteiger partial charge >= 0.3 is 0 Å². The first-order valence-corrected chi connectivity index (χ1v) is 6.96. The van der Waals surface area contributed by atoms with Crippen molar-refractivity contribution in [3.63, 3.8) is 0 Å². The number of piperazine rings is 1. The molecule has 1 aromatic rings. The quantitative estimate of drug-likeness (QED) is 0.623. The lowest BCUT2D eigenvalue weighted by Gasteiger charge is -2.34. The molecule has 1 heterocycles. The zero-order chi connectivity index (χ0) is 14.7. The summed E-state index contributed by atoms with van der Waals surface area (Å²) in [6.07, 6.45) is 1.25. The molecule has 2 rings (SSSR count). The molecule has 1 aliphatic rings. The topological polar surface area (TPSA) is 32.5 Å². The number of rotatable bonds is 1. The molecule has 0 atom stereocenters. The predicted octanol–water partition coefficient (Wildman–Crippen LogP) is 3.24. The Labute approximate surface area is 118 Å². The molecule has 2 N–H and O–H groups in total. The fourth-order valence-electron chi connectivity index (χ4n) is 1.75. The van der Waals surface area contributed by atoms with E-state index in [-0.39, 0.29) is 0 Å². The average Bonchev–Trinajstić information content (AvgIpc) is 2.44. The largest absolute Gasteiger partial charge is 0.399 e. The van der Waals surface area contributed by atoms with Crippen LogP contribution in [-0.2, 0) is 0 Å². The molecule has 0 unspecified atom stereocenters. The van der Waals surface area contributed by atoms with Crippen LogP contribution in [0.5, 0.6) is 0 Å². The van der Waals surface area contributed by atoms with E-state index in [2.05, 4.69) is 56.0 Å². The van der Waals surface area contributed by atoms with E-state index < -0.39 is 0 Å². The van der Waals surface area contributed by atoms with Gasteiger partial charge in [-0.25, -0.2) is 0 Å². The first kappa shape index (κ1) is 17.5. The second kappa shape index (κ2) is 10.4. The summed E-state index contributed by atoms with van der Waals surface area (Å²) < 4.78 is 0. The van der Waals surface area contributed by atoms with Gasteiger partial charge in [0.05, 0.1) is 0 Å². The summed E-state index contributed by atoms with van der Waals surface area (Å²) in [5.41, 5.74) is 7.77. The normalized spacial score (nSPS) is 14.8. The Bertz CT molecular complexity index is 313. The Balaban J connectivity index is 0.000000573. The maximum absolute atomic E-state index is 5.65. The smallest absolute Gasteiger partial charge is 0.0368 e. The van der Waals surface area contributed by atoms with Crippen LogP contribution in [0.2, 0.25) is 0 Å². The number of nitrogen functional groups attached to an aromatic ring is 1. The van der Waals surface area contributed by atoms with Gasteiger partial charge in [0.25, 0.3) is 0 Å². The summed E-state index contributed by atoms with van der Waals surface area (Å²) in [7, 11) is 2.17. The molecule has 0 spiro atoms. The summed E-state index contributed by atoms with van der Waals surface area (Å²) in [6, 6.07) is 8.13. The summed E-state index contributed by atoms with van der Waals surface area (Å²) in [5, 5.41) is 0. The van der Waals surface area contributed by atoms with Gasteiger partial charge in [0.1, 0.15) is 0 Å². The lowest BCUT2D eigenvalue weighted by Crippen LogP contribution is -2.44. The van der Waals surface area contributed by atoms with Crippen LogP contribution < -0.4 is 10.6 Å². The summed E-state index contributed by atoms with van der Waals surface area (Å²) >= 11 is 0. The average molecular weight is 263 g/mol. The molecular weight excluding hydrogens is 234 g/mol. The zero-order valence-electron chi connectivity index (χ0n) is 12.7. The van der Waals surface area contributed by atoms with Gasteiger partial charge in [-0.05, 0) is 31.3 Å². The Hall–Kier alpha value is -1.48. The Kier molecular flexibility index (Phi) is 9.63. The van der Waals surface area contributed by atoms with Crippen molar-refractivity contribution in [1.82, 2.24) is 4.90 Å². The van der Waals surface area contributed by atoms with Crippen LogP contribution in [0.25, 0.3) is 0 Å². The number of nitrogens with zero attached hydrogens (tertiary/aromatic N) is 2. The molecule has 1 aliphatic heterocycles. The van der Waals surface area contributed by atoms with E-state index in [4.69, 9.17) is 5.73 Å². The Morgan fingerprint density at radius 1 is 1.00 bits per heavy atom. The highest BCUT2D eigenvalue weighted by Crippen LogP contribution is 2.17. The monoisotopic (exact) mass is 263 g/mol. The van der Waals surface area contributed by atoms with Crippen LogP contribution in [0.3, 0.4) is 0 Å². The molecule has 0 aliphatic carbocycles. The number of benzene rings is 1. The van der Waals surface area contributed by atoms with Gasteiger partial charge in [-0.3, -0.25) is 0 Å². The SMILES string of the molecule is C=C.CCC.CN1CCN(c2ccc(N)cc2)CC1. The number of likely N-dealkylation sites (N-methyl/N-ethyl adjacent to an activating group) is 1. The number of anilines is 2. The van der Waals surface area contributed by atoms with Crippen molar-refractivity contribution in [3.05, 3.63) is 37.4 Å². The van der Waals surface area contributed by atoms with E-state index >= 15 is 0 Å². The fraction of sp³-hybridized carbons (Fsp3) is 0.500. The minimum Gasteiger partial charge on any atom is -0.399 e. The highest BCUT2D eigenvalue weighted by molar-refractivity contribution is 5.53. The lowest BCUT2D eigenvalue weighted by atomic mass is 10.2. The van der Waals surface area contributed by atoms with Gasteiger partial charge in [0.2, 0.25) is 0 Å². The van der Waals surface area contributed by atoms with Crippen molar-refractivity contribution in [2.24, 2.45) is 0 Å². The molecule has 1 fully saturated rings. The Morgan fingerprint density at radius 2 is 1.42 bits per heavy atom. The molecule has 3 nitrogen and oxygen atoms in total. The molecule has 19 heavy (non-hydrogen) atoms. The van der Waals surface area contributed by atoms with Crippen molar-refractivity contribution in [3.8, 4) is 0 Å².